The standard InChI is InChI=1S/C19H24N2O3/c1-13-10-16(8-9-18(13)24-4)21-19(22)20-14(2)11-15-6-5-7-17(12-15)23-3/h5-10,12,14H,11H2,1-4H3,(H2,20,21,22). The number of hydrogen-bond donors (Lipinski definition) is 2. The van der Waals surface area contributed by atoms with Crippen LogP contribution in [0.2, 0.25) is 0 Å². The maximum absolute atomic E-state index is 12.1. The summed E-state index contributed by atoms with van der Waals surface area (Å²) in [5.74, 6) is 1.62. The maximum atomic E-state index is 12.1. The van der Waals surface area contributed by atoms with Gasteiger partial charge in [0.25, 0.3) is 0 Å². The molecule has 0 saturated heterocycles. The molecule has 0 spiro atoms. The number of rotatable bonds is 6. The van der Waals surface area contributed by atoms with E-state index in [0.717, 1.165) is 34.7 Å². The summed E-state index contributed by atoms with van der Waals surface area (Å²) in [6.07, 6.45) is 0.728. The molecule has 2 aromatic rings. The van der Waals surface area contributed by atoms with E-state index in [1.807, 2.05) is 56.3 Å². The number of nitrogens with one attached hydrogen (secondary N) is 2. The molecule has 2 amide bonds. The van der Waals surface area contributed by atoms with Crippen LogP contribution >= 0.6 is 0 Å². The minimum absolute atomic E-state index is 0.00329. The van der Waals surface area contributed by atoms with Crippen molar-refractivity contribution < 1.29 is 14.3 Å². The molecule has 24 heavy (non-hydrogen) atoms. The first-order chi connectivity index (χ1) is 11.5. The first-order valence-corrected chi connectivity index (χ1v) is 7.87. The minimum atomic E-state index is -0.227. The zero-order valence-corrected chi connectivity index (χ0v) is 14.6. The summed E-state index contributed by atoms with van der Waals surface area (Å²) in [5, 5.41) is 5.78. The Morgan fingerprint density at radius 3 is 2.58 bits per heavy atom. The summed E-state index contributed by atoms with van der Waals surface area (Å²) in [7, 11) is 3.27. The Bertz CT molecular complexity index is 701. The molecule has 2 N–H and O–H groups in total. The normalized spacial score (nSPS) is 11.5. The quantitative estimate of drug-likeness (QED) is 0.849. The molecule has 2 rings (SSSR count). The third kappa shape index (κ3) is 4.91. The molecular weight excluding hydrogens is 304 g/mol. The van der Waals surface area contributed by atoms with Crippen molar-refractivity contribution in [1.82, 2.24) is 5.32 Å². The van der Waals surface area contributed by atoms with Crippen LogP contribution < -0.4 is 20.1 Å². The predicted octanol–water partition coefficient (Wildman–Crippen LogP) is 3.76. The lowest BCUT2D eigenvalue weighted by Gasteiger charge is -2.16. The average molecular weight is 328 g/mol. The molecule has 5 nitrogen and oxygen atoms in total. The van der Waals surface area contributed by atoms with E-state index in [1.165, 1.54) is 0 Å². The Labute approximate surface area is 143 Å². The molecule has 0 saturated carbocycles. The van der Waals surface area contributed by atoms with Gasteiger partial charge < -0.3 is 20.1 Å². The fourth-order valence-electron chi connectivity index (χ4n) is 2.55. The first-order valence-electron chi connectivity index (χ1n) is 7.87. The van der Waals surface area contributed by atoms with E-state index in [1.54, 1.807) is 14.2 Å². The second-order valence-electron chi connectivity index (χ2n) is 5.74. The lowest BCUT2D eigenvalue weighted by molar-refractivity contribution is 0.249. The molecule has 0 aliphatic rings. The van der Waals surface area contributed by atoms with Crippen LogP contribution in [0, 0.1) is 6.92 Å². The maximum Gasteiger partial charge on any atom is 0.319 e. The van der Waals surface area contributed by atoms with Crippen LogP contribution in [-0.2, 0) is 6.42 Å². The van der Waals surface area contributed by atoms with Crippen molar-refractivity contribution in [1.29, 1.82) is 0 Å². The number of hydrogen-bond acceptors (Lipinski definition) is 3. The Balaban J connectivity index is 1.90. The predicted molar refractivity (Wildman–Crippen MR) is 96.0 cm³/mol. The molecule has 5 heteroatoms. The lowest BCUT2D eigenvalue weighted by Crippen LogP contribution is -2.37. The zero-order chi connectivity index (χ0) is 17.5. The zero-order valence-electron chi connectivity index (χ0n) is 14.6. The van der Waals surface area contributed by atoms with Gasteiger partial charge in [-0.15, -0.1) is 0 Å². The van der Waals surface area contributed by atoms with E-state index in [0.29, 0.717) is 0 Å². The second kappa shape index (κ2) is 8.24. The van der Waals surface area contributed by atoms with Crippen LogP contribution in [0.1, 0.15) is 18.1 Å². The molecule has 0 heterocycles. The topological polar surface area (TPSA) is 59.6 Å². The Kier molecular flexibility index (Phi) is 6.07. The molecule has 1 unspecified atom stereocenters. The number of carbonyl (C=O) groups excluding carboxylic acids is 1. The summed E-state index contributed by atoms with van der Waals surface area (Å²) in [4.78, 5) is 12.1. The molecular formula is C19H24N2O3. The Hall–Kier alpha value is -2.69. The van der Waals surface area contributed by atoms with Crippen LogP contribution in [0.15, 0.2) is 42.5 Å². The highest BCUT2D eigenvalue weighted by Gasteiger charge is 2.09. The average Bonchev–Trinajstić information content (AvgIpc) is 2.55. The van der Waals surface area contributed by atoms with Gasteiger partial charge in [0, 0.05) is 11.7 Å². The molecule has 0 aromatic heterocycles. The van der Waals surface area contributed by atoms with Gasteiger partial charge in [0.05, 0.1) is 14.2 Å². The van der Waals surface area contributed by atoms with Crippen molar-refractivity contribution >= 4 is 11.7 Å². The second-order valence-corrected chi connectivity index (χ2v) is 5.74. The third-order valence-electron chi connectivity index (χ3n) is 3.71. The summed E-state index contributed by atoms with van der Waals surface area (Å²) < 4.78 is 10.4. The van der Waals surface area contributed by atoms with E-state index in [9.17, 15) is 4.79 Å². The molecule has 0 fully saturated rings. The molecule has 0 aliphatic heterocycles. The van der Waals surface area contributed by atoms with Gasteiger partial charge in [-0.25, -0.2) is 4.79 Å². The third-order valence-corrected chi connectivity index (χ3v) is 3.71. The van der Waals surface area contributed by atoms with Gasteiger partial charge in [0.15, 0.2) is 0 Å². The summed E-state index contributed by atoms with van der Waals surface area (Å²) in [6.45, 7) is 3.91. The van der Waals surface area contributed by atoms with Crippen molar-refractivity contribution in [3.8, 4) is 11.5 Å². The van der Waals surface area contributed by atoms with E-state index < -0.39 is 0 Å². The van der Waals surface area contributed by atoms with Gasteiger partial charge in [-0.1, -0.05) is 12.1 Å². The number of benzene rings is 2. The van der Waals surface area contributed by atoms with Gasteiger partial charge in [-0.05, 0) is 61.7 Å². The fourth-order valence-corrected chi connectivity index (χ4v) is 2.55. The number of urea groups is 1. The van der Waals surface area contributed by atoms with Gasteiger partial charge in [-0.3, -0.25) is 0 Å². The van der Waals surface area contributed by atoms with E-state index in [4.69, 9.17) is 9.47 Å². The Morgan fingerprint density at radius 2 is 1.92 bits per heavy atom. The van der Waals surface area contributed by atoms with E-state index in [2.05, 4.69) is 10.6 Å². The number of anilines is 1. The number of aryl methyl sites for hydroxylation is 1. The highest BCUT2D eigenvalue weighted by Crippen LogP contribution is 2.21. The van der Waals surface area contributed by atoms with Gasteiger partial charge in [0.1, 0.15) is 11.5 Å². The van der Waals surface area contributed by atoms with E-state index in [-0.39, 0.29) is 12.1 Å². The van der Waals surface area contributed by atoms with Crippen molar-refractivity contribution in [3.63, 3.8) is 0 Å². The van der Waals surface area contributed by atoms with Gasteiger partial charge >= 0.3 is 6.03 Å². The van der Waals surface area contributed by atoms with Crippen molar-refractivity contribution in [2.24, 2.45) is 0 Å². The molecule has 2 aromatic carbocycles. The number of methoxy groups -OCH3 is 2. The van der Waals surface area contributed by atoms with Crippen LogP contribution in [0.25, 0.3) is 0 Å². The van der Waals surface area contributed by atoms with Crippen molar-refractivity contribution in [2.75, 3.05) is 19.5 Å². The monoisotopic (exact) mass is 328 g/mol. The van der Waals surface area contributed by atoms with Crippen LogP contribution in [0.5, 0.6) is 11.5 Å². The molecule has 128 valence electrons. The largest absolute Gasteiger partial charge is 0.497 e. The molecule has 0 bridgehead atoms. The number of ether oxygens (including phenoxy) is 2. The molecule has 0 radical (unpaired) electrons. The Morgan fingerprint density at radius 1 is 1.12 bits per heavy atom. The molecule has 1 atom stereocenters. The van der Waals surface area contributed by atoms with Crippen LogP contribution in [-0.4, -0.2) is 26.3 Å². The van der Waals surface area contributed by atoms with Gasteiger partial charge in [0.2, 0.25) is 0 Å². The number of amides is 2. The van der Waals surface area contributed by atoms with Crippen LogP contribution in [0.3, 0.4) is 0 Å². The SMILES string of the molecule is COc1cccc(CC(C)NC(=O)Nc2ccc(OC)c(C)c2)c1. The first kappa shape index (κ1) is 17.7. The lowest BCUT2D eigenvalue weighted by atomic mass is 10.1. The summed E-state index contributed by atoms with van der Waals surface area (Å²) in [6, 6.07) is 13.1. The highest BCUT2D eigenvalue weighted by molar-refractivity contribution is 5.89. The summed E-state index contributed by atoms with van der Waals surface area (Å²) in [5.41, 5.74) is 2.82. The van der Waals surface area contributed by atoms with Crippen LogP contribution in [0.4, 0.5) is 10.5 Å². The number of carbonyl (C=O) groups is 1. The van der Waals surface area contributed by atoms with Gasteiger partial charge in [-0.2, -0.15) is 0 Å². The minimum Gasteiger partial charge on any atom is -0.497 e. The van der Waals surface area contributed by atoms with E-state index >= 15 is 0 Å². The highest BCUT2D eigenvalue weighted by atomic mass is 16.5. The van der Waals surface area contributed by atoms with Crippen molar-refractivity contribution in [3.05, 3.63) is 53.6 Å². The molecule has 0 aliphatic carbocycles. The smallest absolute Gasteiger partial charge is 0.319 e. The fraction of sp³-hybridized carbons (Fsp3) is 0.316. The summed E-state index contributed by atoms with van der Waals surface area (Å²) >= 11 is 0. The van der Waals surface area contributed by atoms with Crippen molar-refractivity contribution in [2.45, 2.75) is 26.3 Å².